The molecule has 0 heterocycles. The zero-order valence-electron chi connectivity index (χ0n) is 8.39. The summed E-state index contributed by atoms with van der Waals surface area (Å²) >= 11 is 0. The van der Waals surface area contributed by atoms with Crippen LogP contribution in [0.3, 0.4) is 0 Å². The Morgan fingerprint density at radius 1 is 1.00 bits per heavy atom. The minimum absolute atomic E-state index is 0. The fourth-order valence-corrected chi connectivity index (χ4v) is 0.749. The van der Waals surface area contributed by atoms with Crippen LogP contribution in [-0.2, 0) is 0 Å². The van der Waals surface area contributed by atoms with Crippen LogP contribution in [0.15, 0.2) is 0 Å². The van der Waals surface area contributed by atoms with Crippen LogP contribution in [0.25, 0.3) is 0 Å². The van der Waals surface area contributed by atoms with Crippen molar-refractivity contribution in [3.05, 3.63) is 0 Å². The van der Waals surface area contributed by atoms with Crippen LogP contribution in [-0.4, -0.2) is 21.7 Å². The molecule has 0 saturated heterocycles. The Hall–Kier alpha value is 0.477. The third kappa shape index (κ3) is 11.3. The molecule has 0 aliphatic rings. The van der Waals surface area contributed by atoms with Crippen molar-refractivity contribution in [1.82, 2.24) is 5.32 Å². The van der Waals surface area contributed by atoms with Crippen LogP contribution in [0.2, 0.25) is 0 Å². The average molecular weight is 141 g/mol. The van der Waals surface area contributed by atoms with Crippen molar-refractivity contribution in [1.29, 1.82) is 0 Å². The molecule has 0 aliphatic carbocycles. The van der Waals surface area contributed by atoms with Crippen molar-refractivity contribution in [2.24, 2.45) is 0 Å². The van der Waals surface area contributed by atoms with E-state index in [1.165, 1.54) is 0 Å². The van der Waals surface area contributed by atoms with Crippen molar-refractivity contribution in [2.45, 2.75) is 39.1 Å². The van der Waals surface area contributed by atoms with Crippen LogP contribution in [0.1, 0.15) is 29.1 Å². The molecule has 0 bridgehead atoms. The maximum atomic E-state index is 9.08. The van der Waals surface area contributed by atoms with Crippen molar-refractivity contribution < 1.29 is 30.5 Å². The summed E-state index contributed by atoms with van der Waals surface area (Å²) in [5.74, 6) is 0. The summed E-state index contributed by atoms with van der Waals surface area (Å²) in [6.07, 6.45) is 0. The third-order valence-electron chi connectivity index (χ3n) is 0.612. The molecule has 0 saturated carbocycles. The van der Waals surface area contributed by atoms with Crippen LogP contribution in [0.4, 0.5) is 0 Å². The van der Waals surface area contributed by atoms with Gasteiger partial charge in [-0.1, -0.05) is 0 Å². The van der Waals surface area contributed by atoms with Gasteiger partial charge < -0.3 is 11.6 Å². The molecule has 0 unspecified atom stereocenters. The zero-order chi connectivity index (χ0) is 7.71. The van der Waals surface area contributed by atoms with E-state index in [1.807, 2.05) is 0 Å². The van der Waals surface area contributed by atoms with Gasteiger partial charge in [0.25, 0.3) is 0 Å². The van der Waals surface area contributed by atoms with Gasteiger partial charge in [-0.05, 0) is 27.7 Å². The van der Waals surface area contributed by atoms with E-state index in [0.717, 1.165) is 0 Å². The van der Waals surface area contributed by atoms with Gasteiger partial charge in [-0.2, -0.15) is 0 Å². The van der Waals surface area contributed by atoms with Gasteiger partial charge in [0.1, 0.15) is 11.4 Å². The Labute approximate surface area is 75.5 Å². The molecule has 4 heteroatoms. The molecule has 0 atom stereocenters. The topological polar surface area (TPSA) is 52.5 Å². The predicted octanol–water partition coefficient (Wildman–Crippen LogP) is -2.85. The van der Waals surface area contributed by atoms with Crippen molar-refractivity contribution in [3.8, 4) is 0 Å². The molecule has 10 heavy (non-hydrogen) atoms. The van der Waals surface area contributed by atoms with Crippen LogP contribution in [0, 0.1) is 0 Å². The second-order valence-corrected chi connectivity index (χ2v) is 3.24. The van der Waals surface area contributed by atoms with Gasteiger partial charge in [0.2, 0.25) is 0 Å². The molecule has 3 N–H and O–H groups in total. The SMILES string of the molecule is CC(C)(O)NC(C)(C)O.[H-].[Li+]. The Bertz CT molecular complexity index is 85.7. The molecule has 3 nitrogen and oxygen atoms in total. The molecule has 0 spiro atoms. The molecular formula is C6H16LiNO2. The Morgan fingerprint density at radius 3 is 1.20 bits per heavy atom. The summed E-state index contributed by atoms with van der Waals surface area (Å²) in [6, 6.07) is 0. The number of rotatable bonds is 2. The third-order valence-corrected chi connectivity index (χ3v) is 0.612. The van der Waals surface area contributed by atoms with E-state index in [2.05, 4.69) is 5.32 Å². The van der Waals surface area contributed by atoms with Gasteiger partial charge in [0, 0.05) is 0 Å². The summed E-state index contributed by atoms with van der Waals surface area (Å²) in [5, 5.41) is 20.7. The van der Waals surface area contributed by atoms with Crippen molar-refractivity contribution in [3.63, 3.8) is 0 Å². The van der Waals surface area contributed by atoms with E-state index in [4.69, 9.17) is 10.2 Å². The van der Waals surface area contributed by atoms with Gasteiger partial charge in [-0.15, -0.1) is 0 Å². The van der Waals surface area contributed by atoms with Crippen molar-refractivity contribution >= 4 is 0 Å². The maximum absolute atomic E-state index is 9.08. The first-order valence-electron chi connectivity index (χ1n) is 2.95. The summed E-state index contributed by atoms with van der Waals surface area (Å²) in [7, 11) is 0. The average Bonchev–Trinajstić information content (AvgIpc) is 1.14. The molecule has 0 radical (unpaired) electrons. The largest absolute Gasteiger partial charge is 1.00 e. The van der Waals surface area contributed by atoms with E-state index in [0.29, 0.717) is 0 Å². The molecule has 0 aromatic heterocycles. The number of nitrogens with one attached hydrogen (secondary N) is 1. The Kier molecular flexibility index (Phi) is 4.91. The fraction of sp³-hybridized carbons (Fsp3) is 1.00. The quantitative estimate of drug-likeness (QED) is 0.286. The molecule has 0 aromatic carbocycles. The standard InChI is InChI=1S/C6H15NO2.Li.H/c1-5(2,8)7-6(3,4)9;;/h7-9H,1-4H3;;/q;+1;-1. The Balaban J connectivity index is -0.000000320. The van der Waals surface area contributed by atoms with Gasteiger partial charge in [0.05, 0.1) is 0 Å². The summed E-state index contributed by atoms with van der Waals surface area (Å²) in [5.41, 5.74) is -2.03. The van der Waals surface area contributed by atoms with Crippen LogP contribution >= 0.6 is 0 Å². The number of aliphatic hydroxyl groups is 2. The van der Waals surface area contributed by atoms with E-state index >= 15 is 0 Å². The summed E-state index contributed by atoms with van der Waals surface area (Å²) < 4.78 is 0. The minimum atomic E-state index is -1.02. The molecule has 0 rings (SSSR count). The Morgan fingerprint density at radius 2 is 1.20 bits per heavy atom. The molecule has 0 fully saturated rings. The molecule has 0 aliphatic heterocycles. The van der Waals surface area contributed by atoms with E-state index < -0.39 is 11.4 Å². The monoisotopic (exact) mass is 141 g/mol. The first kappa shape index (κ1) is 13.1. The van der Waals surface area contributed by atoms with Gasteiger partial charge in [-0.3, -0.25) is 5.32 Å². The summed E-state index contributed by atoms with van der Waals surface area (Å²) in [4.78, 5) is 0. The summed E-state index contributed by atoms with van der Waals surface area (Å²) in [6.45, 7) is 6.30. The normalized spacial score (nSPS) is 12.6. The van der Waals surface area contributed by atoms with Gasteiger partial charge in [-0.25, -0.2) is 0 Å². The number of hydrogen-bond donors (Lipinski definition) is 3. The zero-order valence-corrected chi connectivity index (χ0v) is 7.39. The molecule has 58 valence electrons. The van der Waals surface area contributed by atoms with Crippen molar-refractivity contribution in [2.75, 3.05) is 0 Å². The van der Waals surface area contributed by atoms with E-state index in [-0.39, 0.29) is 20.3 Å². The van der Waals surface area contributed by atoms with Crippen LogP contribution in [0.5, 0.6) is 0 Å². The fourth-order valence-electron chi connectivity index (χ4n) is 0.749. The van der Waals surface area contributed by atoms with E-state index in [9.17, 15) is 0 Å². The first-order valence-corrected chi connectivity index (χ1v) is 2.95. The van der Waals surface area contributed by atoms with Gasteiger partial charge in [0.15, 0.2) is 0 Å². The first-order chi connectivity index (χ1) is 3.71. The molecular weight excluding hydrogens is 125 g/mol. The van der Waals surface area contributed by atoms with Gasteiger partial charge >= 0.3 is 18.9 Å². The maximum Gasteiger partial charge on any atom is 1.00 e. The van der Waals surface area contributed by atoms with Crippen LogP contribution < -0.4 is 24.2 Å². The molecule has 0 amide bonds. The predicted molar refractivity (Wildman–Crippen MR) is 36.8 cm³/mol. The number of hydrogen-bond acceptors (Lipinski definition) is 3. The molecule has 0 aromatic rings. The second-order valence-electron chi connectivity index (χ2n) is 3.24. The van der Waals surface area contributed by atoms with E-state index in [1.54, 1.807) is 27.7 Å². The second kappa shape index (κ2) is 3.75. The minimum Gasteiger partial charge on any atom is -1.00 e. The smallest absolute Gasteiger partial charge is 1.00 e.